The molecule has 2 nitrogen and oxygen atoms in total. The van der Waals surface area contributed by atoms with Crippen LogP contribution in [0.5, 0.6) is 0 Å². The number of fused-ring (bicyclic) bond motifs is 1. The van der Waals surface area contributed by atoms with Crippen molar-refractivity contribution in [2.75, 3.05) is 11.1 Å². The molecule has 0 saturated heterocycles. The first-order valence-corrected chi connectivity index (χ1v) is 11.1. The first-order valence-electron chi connectivity index (χ1n) is 10.1. The fourth-order valence-corrected chi connectivity index (χ4v) is 4.67. The zero-order valence-electron chi connectivity index (χ0n) is 16.5. The van der Waals surface area contributed by atoms with E-state index in [1.54, 1.807) is 0 Å². The molecule has 1 N–H and O–H groups in total. The number of rotatable bonds is 5. The summed E-state index contributed by atoms with van der Waals surface area (Å²) in [4.78, 5) is 4.98. The van der Waals surface area contributed by atoms with Gasteiger partial charge in [-0.1, -0.05) is 91.0 Å². The standard InChI is InChI=1S/C27H22N2S/c1-3-10-21(11-4-1)25(28-24-16-15-20-9-7-8-14-23(20)17-24)18-27-29-26(19-30-27)22-12-5-2-6-13-22/h1-18,26,28H,19H2. The Morgan fingerprint density at radius 3 is 2.30 bits per heavy atom. The molecule has 0 amide bonds. The molecule has 0 aromatic heterocycles. The van der Waals surface area contributed by atoms with E-state index in [0.717, 1.165) is 27.7 Å². The molecular formula is C27H22N2S. The Labute approximate surface area is 181 Å². The van der Waals surface area contributed by atoms with Crippen molar-refractivity contribution >= 4 is 39.0 Å². The van der Waals surface area contributed by atoms with E-state index in [0.29, 0.717) is 0 Å². The van der Waals surface area contributed by atoms with Gasteiger partial charge in [-0.15, -0.1) is 11.8 Å². The Kier molecular flexibility index (Phi) is 5.36. The van der Waals surface area contributed by atoms with E-state index < -0.39 is 0 Å². The van der Waals surface area contributed by atoms with Crippen molar-refractivity contribution in [3.63, 3.8) is 0 Å². The molecule has 1 aliphatic rings. The number of nitrogens with one attached hydrogen (secondary N) is 1. The third kappa shape index (κ3) is 4.17. The quantitative estimate of drug-likeness (QED) is 0.380. The largest absolute Gasteiger partial charge is 0.355 e. The van der Waals surface area contributed by atoms with Gasteiger partial charge in [0.2, 0.25) is 0 Å². The van der Waals surface area contributed by atoms with Crippen molar-refractivity contribution < 1.29 is 0 Å². The first kappa shape index (κ1) is 18.7. The van der Waals surface area contributed by atoms with Gasteiger partial charge in [0.15, 0.2) is 0 Å². The van der Waals surface area contributed by atoms with Gasteiger partial charge < -0.3 is 5.32 Å². The van der Waals surface area contributed by atoms with Crippen molar-refractivity contribution in [2.24, 2.45) is 4.99 Å². The van der Waals surface area contributed by atoms with Gasteiger partial charge >= 0.3 is 0 Å². The lowest BCUT2D eigenvalue weighted by Gasteiger charge is -2.12. The molecule has 0 bridgehead atoms. The number of aliphatic imine (C=N–C) groups is 1. The van der Waals surface area contributed by atoms with Crippen LogP contribution in [0.25, 0.3) is 16.5 Å². The summed E-state index contributed by atoms with van der Waals surface area (Å²) >= 11 is 1.82. The van der Waals surface area contributed by atoms with Crippen LogP contribution in [-0.2, 0) is 0 Å². The highest BCUT2D eigenvalue weighted by Crippen LogP contribution is 2.32. The Bertz CT molecular complexity index is 1210. The molecular weight excluding hydrogens is 384 g/mol. The van der Waals surface area contributed by atoms with Crippen LogP contribution in [0.3, 0.4) is 0 Å². The predicted molar refractivity (Wildman–Crippen MR) is 131 cm³/mol. The van der Waals surface area contributed by atoms with Gasteiger partial charge in [0.25, 0.3) is 0 Å². The van der Waals surface area contributed by atoms with Crippen molar-refractivity contribution in [2.45, 2.75) is 6.04 Å². The maximum atomic E-state index is 4.98. The molecule has 4 aromatic rings. The summed E-state index contributed by atoms with van der Waals surface area (Å²) < 4.78 is 0. The molecule has 1 unspecified atom stereocenters. The fourth-order valence-electron chi connectivity index (χ4n) is 3.67. The van der Waals surface area contributed by atoms with E-state index in [1.165, 1.54) is 16.3 Å². The van der Waals surface area contributed by atoms with E-state index in [4.69, 9.17) is 4.99 Å². The molecule has 146 valence electrons. The first-order chi connectivity index (χ1) is 14.8. The van der Waals surface area contributed by atoms with Crippen LogP contribution in [0.1, 0.15) is 17.2 Å². The number of benzene rings is 4. The summed E-state index contributed by atoms with van der Waals surface area (Å²) in [7, 11) is 0. The van der Waals surface area contributed by atoms with Gasteiger partial charge in [-0.25, -0.2) is 0 Å². The van der Waals surface area contributed by atoms with Crippen molar-refractivity contribution in [3.05, 3.63) is 120 Å². The molecule has 4 aromatic carbocycles. The minimum Gasteiger partial charge on any atom is -0.355 e. The van der Waals surface area contributed by atoms with Crippen LogP contribution >= 0.6 is 11.8 Å². The molecule has 0 aliphatic carbocycles. The maximum Gasteiger partial charge on any atom is 0.0934 e. The minimum atomic E-state index is 0.222. The molecule has 5 rings (SSSR count). The van der Waals surface area contributed by atoms with Crippen LogP contribution in [-0.4, -0.2) is 10.8 Å². The average molecular weight is 407 g/mol. The Balaban J connectivity index is 1.48. The number of hydrogen-bond acceptors (Lipinski definition) is 3. The van der Waals surface area contributed by atoms with Crippen LogP contribution in [0.15, 0.2) is 114 Å². The smallest absolute Gasteiger partial charge is 0.0934 e. The summed E-state index contributed by atoms with van der Waals surface area (Å²) in [6.07, 6.45) is 2.18. The third-order valence-electron chi connectivity index (χ3n) is 5.24. The van der Waals surface area contributed by atoms with Gasteiger partial charge in [0, 0.05) is 17.1 Å². The van der Waals surface area contributed by atoms with Gasteiger partial charge in [0.05, 0.1) is 11.1 Å². The Morgan fingerprint density at radius 2 is 1.50 bits per heavy atom. The van der Waals surface area contributed by atoms with E-state index >= 15 is 0 Å². The highest BCUT2D eigenvalue weighted by Gasteiger charge is 2.19. The lowest BCUT2D eigenvalue weighted by Crippen LogP contribution is -2.01. The molecule has 1 heterocycles. The van der Waals surface area contributed by atoms with E-state index in [2.05, 4.69) is 108 Å². The molecule has 30 heavy (non-hydrogen) atoms. The molecule has 0 saturated carbocycles. The van der Waals surface area contributed by atoms with Gasteiger partial charge in [-0.2, -0.15) is 0 Å². The van der Waals surface area contributed by atoms with Crippen LogP contribution in [0.4, 0.5) is 5.69 Å². The molecule has 1 aliphatic heterocycles. The fraction of sp³-hybridized carbons (Fsp3) is 0.0741. The SMILES string of the molecule is C(=C(Nc1ccc2ccccc2c1)c1ccccc1)C1=NC(c2ccccc2)CS1. The lowest BCUT2D eigenvalue weighted by atomic mass is 10.1. The minimum absolute atomic E-state index is 0.222. The number of nitrogens with zero attached hydrogens (tertiary/aromatic N) is 1. The van der Waals surface area contributed by atoms with E-state index in [-0.39, 0.29) is 6.04 Å². The summed E-state index contributed by atoms with van der Waals surface area (Å²) in [6.45, 7) is 0. The van der Waals surface area contributed by atoms with Crippen LogP contribution in [0, 0.1) is 0 Å². The Morgan fingerprint density at radius 1 is 0.800 bits per heavy atom. The second-order valence-corrected chi connectivity index (χ2v) is 8.36. The predicted octanol–water partition coefficient (Wildman–Crippen LogP) is 7.18. The highest BCUT2D eigenvalue weighted by atomic mass is 32.2. The van der Waals surface area contributed by atoms with E-state index in [1.807, 2.05) is 17.8 Å². The average Bonchev–Trinajstić information content (AvgIpc) is 3.28. The second kappa shape index (κ2) is 8.60. The number of thioether (sulfide) groups is 1. The summed E-state index contributed by atoms with van der Waals surface area (Å²) in [6, 6.07) is 36.1. The van der Waals surface area contributed by atoms with Crippen molar-refractivity contribution in [3.8, 4) is 0 Å². The normalized spacial score (nSPS) is 16.5. The summed E-state index contributed by atoms with van der Waals surface area (Å²) in [5, 5.41) is 7.18. The lowest BCUT2D eigenvalue weighted by molar-refractivity contribution is 0.850. The zero-order chi connectivity index (χ0) is 20.2. The van der Waals surface area contributed by atoms with Gasteiger partial charge in [-0.05, 0) is 40.1 Å². The van der Waals surface area contributed by atoms with Crippen LogP contribution in [0.2, 0.25) is 0 Å². The summed E-state index contributed by atoms with van der Waals surface area (Å²) in [5.41, 5.74) is 4.56. The molecule has 1 atom stereocenters. The third-order valence-corrected chi connectivity index (χ3v) is 6.24. The maximum absolute atomic E-state index is 4.98. The van der Waals surface area contributed by atoms with Gasteiger partial charge in [-0.3, -0.25) is 4.99 Å². The Hall–Kier alpha value is -3.30. The van der Waals surface area contributed by atoms with Gasteiger partial charge in [0.1, 0.15) is 0 Å². The topological polar surface area (TPSA) is 24.4 Å². The molecule has 0 spiro atoms. The number of hydrogen-bond donors (Lipinski definition) is 1. The number of anilines is 1. The highest BCUT2D eigenvalue weighted by molar-refractivity contribution is 8.14. The second-order valence-electron chi connectivity index (χ2n) is 7.32. The molecule has 3 heteroatoms. The van der Waals surface area contributed by atoms with E-state index in [9.17, 15) is 0 Å². The summed E-state index contributed by atoms with van der Waals surface area (Å²) in [5.74, 6) is 0.980. The van der Waals surface area contributed by atoms with Crippen molar-refractivity contribution in [1.82, 2.24) is 0 Å². The zero-order valence-corrected chi connectivity index (χ0v) is 17.3. The van der Waals surface area contributed by atoms with Crippen molar-refractivity contribution in [1.29, 1.82) is 0 Å². The van der Waals surface area contributed by atoms with Crippen LogP contribution < -0.4 is 5.32 Å². The molecule has 0 radical (unpaired) electrons. The monoisotopic (exact) mass is 406 g/mol. The molecule has 0 fully saturated rings.